The highest BCUT2D eigenvalue weighted by Crippen LogP contribution is 2.25. The Bertz CT molecular complexity index is 419. The summed E-state index contributed by atoms with van der Waals surface area (Å²) < 4.78 is 0. The Morgan fingerprint density at radius 1 is 1.05 bits per heavy atom. The summed E-state index contributed by atoms with van der Waals surface area (Å²) in [6, 6.07) is 4.12. The van der Waals surface area contributed by atoms with E-state index < -0.39 is 5.60 Å². The summed E-state index contributed by atoms with van der Waals surface area (Å²) in [6.07, 6.45) is 8.50. The van der Waals surface area contributed by atoms with Crippen LogP contribution in [0.15, 0.2) is 24.5 Å². The van der Waals surface area contributed by atoms with Gasteiger partial charge < -0.3 is 10.0 Å². The average molecular weight is 275 g/mol. The van der Waals surface area contributed by atoms with Gasteiger partial charge in [-0.05, 0) is 50.0 Å². The topological polar surface area (TPSA) is 39.6 Å². The molecule has 0 saturated carbocycles. The van der Waals surface area contributed by atoms with Crippen molar-refractivity contribution in [2.45, 2.75) is 37.8 Å². The number of pyridine rings is 1. The number of β-amino-alcohol motifs (C(OH)–C–C–N with tert-alkyl or cyclic N) is 1. The van der Waals surface area contributed by atoms with Gasteiger partial charge in [-0.1, -0.05) is 6.42 Å². The van der Waals surface area contributed by atoms with E-state index >= 15 is 0 Å². The fourth-order valence-corrected chi connectivity index (χ4v) is 3.48. The Labute approximate surface area is 121 Å². The van der Waals surface area contributed by atoms with Gasteiger partial charge >= 0.3 is 0 Å². The summed E-state index contributed by atoms with van der Waals surface area (Å²) in [5.41, 5.74) is 0.770. The van der Waals surface area contributed by atoms with Gasteiger partial charge in [-0.3, -0.25) is 9.88 Å². The predicted molar refractivity (Wildman–Crippen MR) is 79.4 cm³/mol. The lowest BCUT2D eigenvalue weighted by atomic mass is 10.0. The molecule has 2 aliphatic heterocycles. The fourth-order valence-electron chi connectivity index (χ4n) is 3.48. The minimum absolute atomic E-state index is 0.510. The molecule has 0 aliphatic carbocycles. The Balaban J connectivity index is 1.52. The van der Waals surface area contributed by atoms with Crippen LogP contribution in [0.5, 0.6) is 0 Å². The number of likely N-dealkylation sites (tertiary alicyclic amines) is 2. The van der Waals surface area contributed by atoms with Crippen LogP contribution in [-0.4, -0.2) is 58.2 Å². The van der Waals surface area contributed by atoms with Crippen LogP contribution >= 0.6 is 0 Å². The minimum atomic E-state index is -0.510. The SMILES string of the molecule is OC1(CN2CCCCC2)CCN(Cc2ccncc2)C1. The van der Waals surface area contributed by atoms with Crippen LogP contribution in [0, 0.1) is 0 Å². The molecule has 0 amide bonds. The maximum Gasteiger partial charge on any atom is 0.0912 e. The van der Waals surface area contributed by atoms with E-state index in [-0.39, 0.29) is 0 Å². The van der Waals surface area contributed by atoms with Gasteiger partial charge in [0.2, 0.25) is 0 Å². The molecule has 2 fully saturated rings. The molecule has 0 aromatic carbocycles. The maximum absolute atomic E-state index is 10.8. The third-order valence-corrected chi connectivity index (χ3v) is 4.53. The van der Waals surface area contributed by atoms with Crippen molar-refractivity contribution in [1.29, 1.82) is 0 Å². The zero-order valence-corrected chi connectivity index (χ0v) is 12.2. The highest BCUT2D eigenvalue weighted by molar-refractivity contribution is 5.10. The lowest BCUT2D eigenvalue weighted by Gasteiger charge is -2.33. The molecular formula is C16H25N3O. The summed E-state index contributed by atoms with van der Waals surface area (Å²) in [5.74, 6) is 0. The molecule has 1 aromatic rings. The zero-order valence-electron chi connectivity index (χ0n) is 12.2. The third-order valence-electron chi connectivity index (χ3n) is 4.53. The lowest BCUT2D eigenvalue weighted by molar-refractivity contribution is 0.00635. The van der Waals surface area contributed by atoms with Crippen LogP contribution in [-0.2, 0) is 6.54 Å². The molecule has 1 unspecified atom stereocenters. The number of aromatic nitrogens is 1. The molecule has 0 spiro atoms. The van der Waals surface area contributed by atoms with Gasteiger partial charge in [-0.15, -0.1) is 0 Å². The summed E-state index contributed by atoms with van der Waals surface area (Å²) in [4.78, 5) is 8.86. The van der Waals surface area contributed by atoms with E-state index in [0.717, 1.165) is 45.7 Å². The van der Waals surface area contributed by atoms with Crippen molar-refractivity contribution in [2.24, 2.45) is 0 Å². The van der Waals surface area contributed by atoms with E-state index in [1.54, 1.807) is 0 Å². The number of aliphatic hydroxyl groups is 1. The average Bonchev–Trinajstić information content (AvgIpc) is 2.82. The van der Waals surface area contributed by atoms with Gasteiger partial charge in [0, 0.05) is 38.6 Å². The van der Waals surface area contributed by atoms with Crippen LogP contribution in [0.2, 0.25) is 0 Å². The molecule has 20 heavy (non-hydrogen) atoms. The number of hydrogen-bond acceptors (Lipinski definition) is 4. The molecule has 2 aliphatic rings. The number of rotatable bonds is 4. The molecule has 2 saturated heterocycles. The van der Waals surface area contributed by atoms with E-state index in [1.165, 1.54) is 24.8 Å². The van der Waals surface area contributed by atoms with Crippen LogP contribution < -0.4 is 0 Å². The molecule has 4 nitrogen and oxygen atoms in total. The largest absolute Gasteiger partial charge is 0.387 e. The van der Waals surface area contributed by atoms with Crippen molar-refractivity contribution in [3.05, 3.63) is 30.1 Å². The Kier molecular flexibility index (Phi) is 4.34. The molecule has 4 heteroatoms. The summed E-state index contributed by atoms with van der Waals surface area (Å²) in [5, 5.41) is 10.8. The van der Waals surface area contributed by atoms with E-state index in [9.17, 15) is 5.11 Å². The highest BCUT2D eigenvalue weighted by Gasteiger charge is 2.37. The smallest absolute Gasteiger partial charge is 0.0912 e. The fraction of sp³-hybridized carbons (Fsp3) is 0.688. The molecule has 3 rings (SSSR count). The highest BCUT2D eigenvalue weighted by atomic mass is 16.3. The van der Waals surface area contributed by atoms with Crippen LogP contribution in [0.4, 0.5) is 0 Å². The molecule has 0 radical (unpaired) electrons. The first kappa shape index (κ1) is 14.0. The van der Waals surface area contributed by atoms with Gasteiger partial charge in [0.15, 0.2) is 0 Å². The quantitative estimate of drug-likeness (QED) is 0.904. The molecule has 1 atom stereocenters. The predicted octanol–water partition coefficient (Wildman–Crippen LogP) is 1.50. The molecule has 1 aromatic heterocycles. The van der Waals surface area contributed by atoms with E-state index in [0.29, 0.717) is 0 Å². The normalized spacial score (nSPS) is 28.9. The zero-order chi connectivity index (χ0) is 13.8. The van der Waals surface area contributed by atoms with Crippen LogP contribution in [0.25, 0.3) is 0 Å². The van der Waals surface area contributed by atoms with E-state index in [4.69, 9.17) is 0 Å². The van der Waals surface area contributed by atoms with Crippen molar-refractivity contribution in [1.82, 2.24) is 14.8 Å². The number of hydrogen-bond donors (Lipinski definition) is 1. The summed E-state index contributed by atoms with van der Waals surface area (Å²) in [7, 11) is 0. The molecule has 1 N–H and O–H groups in total. The van der Waals surface area contributed by atoms with Crippen molar-refractivity contribution >= 4 is 0 Å². The van der Waals surface area contributed by atoms with Gasteiger partial charge in [-0.2, -0.15) is 0 Å². The summed E-state index contributed by atoms with van der Waals surface area (Å²) >= 11 is 0. The Hall–Kier alpha value is -0.970. The van der Waals surface area contributed by atoms with Crippen molar-refractivity contribution in [3.8, 4) is 0 Å². The Morgan fingerprint density at radius 3 is 2.55 bits per heavy atom. The Morgan fingerprint density at radius 2 is 1.80 bits per heavy atom. The standard InChI is InChI=1S/C16H25N3O/c20-16(13-18-9-2-1-3-10-18)6-11-19(14-16)12-15-4-7-17-8-5-15/h4-5,7-8,20H,1-3,6,9-14H2. The van der Waals surface area contributed by atoms with Crippen LogP contribution in [0.3, 0.4) is 0 Å². The molecular weight excluding hydrogens is 250 g/mol. The van der Waals surface area contributed by atoms with Gasteiger partial charge in [0.25, 0.3) is 0 Å². The number of piperidine rings is 1. The second-order valence-electron chi connectivity index (χ2n) is 6.38. The third kappa shape index (κ3) is 3.57. The first-order valence-corrected chi connectivity index (χ1v) is 7.80. The molecule has 3 heterocycles. The first-order chi connectivity index (χ1) is 9.73. The minimum Gasteiger partial charge on any atom is -0.387 e. The second kappa shape index (κ2) is 6.20. The van der Waals surface area contributed by atoms with Crippen molar-refractivity contribution < 1.29 is 5.11 Å². The lowest BCUT2D eigenvalue weighted by Crippen LogP contribution is -2.46. The van der Waals surface area contributed by atoms with Gasteiger partial charge in [-0.25, -0.2) is 0 Å². The second-order valence-corrected chi connectivity index (χ2v) is 6.38. The first-order valence-electron chi connectivity index (χ1n) is 7.80. The molecule has 0 bridgehead atoms. The monoisotopic (exact) mass is 275 g/mol. The van der Waals surface area contributed by atoms with E-state index in [1.807, 2.05) is 12.4 Å². The van der Waals surface area contributed by atoms with Crippen molar-refractivity contribution in [2.75, 3.05) is 32.7 Å². The van der Waals surface area contributed by atoms with E-state index in [2.05, 4.69) is 26.9 Å². The maximum atomic E-state index is 10.8. The van der Waals surface area contributed by atoms with Gasteiger partial charge in [0.1, 0.15) is 0 Å². The van der Waals surface area contributed by atoms with Crippen LogP contribution in [0.1, 0.15) is 31.2 Å². The van der Waals surface area contributed by atoms with Gasteiger partial charge in [0.05, 0.1) is 5.60 Å². The van der Waals surface area contributed by atoms with Crippen molar-refractivity contribution in [3.63, 3.8) is 0 Å². The summed E-state index contributed by atoms with van der Waals surface area (Å²) in [6.45, 7) is 5.88. The number of nitrogens with zero attached hydrogens (tertiary/aromatic N) is 3. The molecule has 110 valence electrons.